The molecule has 5 aromatic heterocycles. The predicted molar refractivity (Wildman–Crippen MR) is 156 cm³/mol. The number of fused-ring (bicyclic) bond motifs is 12. The number of methoxy groups -OCH3 is 1. The first-order chi connectivity index (χ1) is 20.6. The maximum Gasteiger partial charge on any atom is 0.337 e. The van der Waals surface area contributed by atoms with Gasteiger partial charge in [0.1, 0.15) is 0 Å². The Morgan fingerprint density at radius 1 is 0.524 bits per heavy atom. The second kappa shape index (κ2) is 11.2. The topological polar surface area (TPSA) is 97.2 Å². The number of nitrogens with zero attached hydrogens (tertiary/aromatic N) is 7. The monoisotopic (exact) mass is 555 g/mol. The highest BCUT2D eigenvalue weighted by Crippen LogP contribution is 2.23. The summed E-state index contributed by atoms with van der Waals surface area (Å²) in [4.78, 5) is 42.3. The van der Waals surface area contributed by atoms with Crippen LogP contribution in [0.3, 0.4) is 0 Å². The minimum absolute atomic E-state index is 0.388. The summed E-state index contributed by atoms with van der Waals surface area (Å²) >= 11 is 0. The molecule has 7 heterocycles. The third-order valence-electron chi connectivity index (χ3n) is 7.42. The Morgan fingerprint density at radius 3 is 1.19 bits per heavy atom. The molecule has 7 rings (SSSR count). The minimum Gasteiger partial charge on any atom is -0.465 e. The number of esters is 1. The van der Waals surface area contributed by atoms with E-state index in [0.717, 1.165) is 56.9 Å². The van der Waals surface area contributed by atoms with Crippen molar-refractivity contribution in [3.8, 4) is 22.8 Å². The number of carbonyl (C=O) groups excluding carboxylic acids is 1. The first-order valence-corrected chi connectivity index (χ1v) is 14.0. The molecular weight excluding hydrogens is 526 g/mol. The molecule has 9 nitrogen and oxygen atoms in total. The Hall–Kier alpha value is -4.86. The van der Waals surface area contributed by atoms with Crippen molar-refractivity contribution in [2.75, 3.05) is 7.11 Å². The lowest BCUT2D eigenvalue weighted by Gasteiger charge is -2.23. The molecule has 0 N–H and O–H groups in total. The molecule has 0 aliphatic carbocycles. The van der Waals surface area contributed by atoms with Crippen LogP contribution in [-0.2, 0) is 44.0 Å². The molecule has 9 heteroatoms. The maximum atomic E-state index is 12.7. The average molecular weight is 556 g/mol. The zero-order valence-electron chi connectivity index (χ0n) is 23.3. The fraction of sp³-hybridized carbons (Fsp3) is 0.212. The van der Waals surface area contributed by atoms with Crippen LogP contribution >= 0.6 is 0 Å². The van der Waals surface area contributed by atoms with E-state index in [1.165, 1.54) is 7.11 Å². The van der Waals surface area contributed by atoms with Crippen molar-refractivity contribution in [2.24, 2.45) is 0 Å². The molecule has 0 amide bonds. The van der Waals surface area contributed by atoms with Gasteiger partial charge in [0.25, 0.3) is 0 Å². The smallest absolute Gasteiger partial charge is 0.337 e. The van der Waals surface area contributed by atoms with Gasteiger partial charge in [0.05, 0.1) is 69.6 Å². The molecule has 0 unspecified atom stereocenters. The van der Waals surface area contributed by atoms with E-state index in [4.69, 9.17) is 29.7 Å². The van der Waals surface area contributed by atoms with Crippen LogP contribution in [0, 0.1) is 0 Å². The number of carbonyl (C=O) groups is 1. The third kappa shape index (κ3) is 5.65. The zero-order chi connectivity index (χ0) is 28.5. The van der Waals surface area contributed by atoms with Gasteiger partial charge in [-0.1, -0.05) is 24.3 Å². The highest BCUT2D eigenvalue weighted by molar-refractivity contribution is 5.89. The van der Waals surface area contributed by atoms with Crippen molar-refractivity contribution in [1.82, 2.24) is 34.7 Å². The van der Waals surface area contributed by atoms with Gasteiger partial charge in [-0.3, -0.25) is 14.8 Å². The summed E-state index contributed by atoms with van der Waals surface area (Å²) in [5.74, 6) is -0.388. The Bertz CT molecular complexity index is 1580. The van der Waals surface area contributed by atoms with E-state index < -0.39 is 0 Å². The Labute approximate surface area is 243 Å². The first kappa shape index (κ1) is 26.1. The largest absolute Gasteiger partial charge is 0.465 e. The molecule has 12 bridgehead atoms. The molecule has 0 saturated carbocycles. The third-order valence-corrected chi connectivity index (χ3v) is 7.42. The van der Waals surface area contributed by atoms with Crippen LogP contribution in [0.1, 0.15) is 44.5 Å². The number of aromatic nitrogens is 5. The van der Waals surface area contributed by atoms with E-state index in [1.54, 1.807) is 0 Å². The summed E-state index contributed by atoms with van der Waals surface area (Å²) in [5.41, 5.74) is 9.00. The van der Waals surface area contributed by atoms with Crippen molar-refractivity contribution < 1.29 is 9.53 Å². The van der Waals surface area contributed by atoms with Gasteiger partial charge in [-0.2, -0.15) is 0 Å². The second-order valence-electron chi connectivity index (χ2n) is 10.7. The quantitative estimate of drug-likeness (QED) is 0.270. The van der Waals surface area contributed by atoms with Gasteiger partial charge in [-0.05, 0) is 60.7 Å². The average Bonchev–Trinajstić information content (AvgIpc) is 3.00. The fourth-order valence-corrected chi connectivity index (χ4v) is 5.60. The second-order valence-corrected chi connectivity index (χ2v) is 10.7. The summed E-state index contributed by atoms with van der Waals surface area (Å²) in [5, 5.41) is 0. The first-order valence-electron chi connectivity index (χ1n) is 14.0. The van der Waals surface area contributed by atoms with E-state index in [-0.39, 0.29) is 5.97 Å². The summed E-state index contributed by atoms with van der Waals surface area (Å²) in [6.07, 6.45) is 0. The van der Waals surface area contributed by atoms with Gasteiger partial charge in [0.15, 0.2) is 0 Å². The summed E-state index contributed by atoms with van der Waals surface area (Å²) in [6, 6.07) is 27.9. The van der Waals surface area contributed by atoms with E-state index in [1.807, 2.05) is 84.9 Å². The number of hydrogen-bond donors (Lipinski definition) is 0. The van der Waals surface area contributed by atoms with Crippen molar-refractivity contribution in [3.05, 3.63) is 125 Å². The van der Waals surface area contributed by atoms with Gasteiger partial charge in [0.2, 0.25) is 0 Å². The lowest BCUT2D eigenvalue weighted by Crippen LogP contribution is -2.26. The number of pyridine rings is 5. The van der Waals surface area contributed by atoms with Crippen molar-refractivity contribution in [2.45, 2.75) is 39.3 Å². The predicted octanol–water partition coefficient (Wildman–Crippen LogP) is 4.81. The summed E-state index contributed by atoms with van der Waals surface area (Å²) < 4.78 is 5.12. The summed E-state index contributed by atoms with van der Waals surface area (Å²) in [7, 11) is 1.40. The van der Waals surface area contributed by atoms with Gasteiger partial charge < -0.3 is 4.74 Å². The molecule has 0 fully saturated rings. The standard InChI is InChI=1S/C33H29N7O2/c1-42-33(41)22-14-27-20-39-16-23-6-2-10-29(35-23)30-11-3-7-24(36-30)18-40(21-28(15-22)34-27)19-26-9-5-13-32(38-26)31-12-4-8-25(17-39)37-31/h2-15H,16-21H2,1H3. The molecule has 2 aliphatic heterocycles. The molecule has 0 radical (unpaired) electrons. The summed E-state index contributed by atoms with van der Waals surface area (Å²) in [6.45, 7) is 3.20. The van der Waals surface area contributed by atoms with E-state index in [9.17, 15) is 4.79 Å². The highest BCUT2D eigenvalue weighted by Gasteiger charge is 2.20. The van der Waals surface area contributed by atoms with Crippen molar-refractivity contribution >= 4 is 5.97 Å². The molecule has 208 valence electrons. The number of hydrogen-bond acceptors (Lipinski definition) is 9. The minimum atomic E-state index is -0.388. The number of ether oxygens (including phenoxy) is 1. The van der Waals surface area contributed by atoms with Crippen LogP contribution in [0.4, 0.5) is 0 Å². The Morgan fingerprint density at radius 2 is 0.857 bits per heavy atom. The molecule has 0 spiro atoms. The maximum absolute atomic E-state index is 12.7. The molecule has 0 saturated heterocycles. The molecule has 42 heavy (non-hydrogen) atoms. The molecule has 5 aromatic rings. The van der Waals surface area contributed by atoms with E-state index >= 15 is 0 Å². The van der Waals surface area contributed by atoms with E-state index in [0.29, 0.717) is 44.8 Å². The van der Waals surface area contributed by atoms with Crippen LogP contribution in [0.5, 0.6) is 0 Å². The Kier molecular flexibility index (Phi) is 6.95. The van der Waals surface area contributed by atoms with Gasteiger partial charge in [-0.15, -0.1) is 0 Å². The van der Waals surface area contributed by atoms with E-state index in [2.05, 4.69) is 9.80 Å². The number of rotatable bonds is 1. The SMILES string of the molecule is COC(=O)c1cc2nc(c1)CN1Cc3cccc(n3)-c3cccc(n3)CN(C2)Cc2cccc(n2)-c2cccc(n2)C1. The molecular formula is C33H29N7O2. The zero-order valence-corrected chi connectivity index (χ0v) is 23.3. The van der Waals surface area contributed by atoms with Crippen LogP contribution in [0.2, 0.25) is 0 Å². The highest BCUT2D eigenvalue weighted by atomic mass is 16.5. The lowest BCUT2D eigenvalue weighted by atomic mass is 10.1. The van der Waals surface area contributed by atoms with Crippen LogP contribution in [-0.4, -0.2) is 47.8 Å². The van der Waals surface area contributed by atoms with Crippen molar-refractivity contribution in [3.63, 3.8) is 0 Å². The molecule has 2 aliphatic rings. The lowest BCUT2D eigenvalue weighted by molar-refractivity contribution is 0.0600. The molecule has 0 atom stereocenters. The Balaban J connectivity index is 1.45. The fourth-order valence-electron chi connectivity index (χ4n) is 5.60. The van der Waals surface area contributed by atoms with Crippen LogP contribution < -0.4 is 0 Å². The van der Waals surface area contributed by atoms with Crippen molar-refractivity contribution in [1.29, 1.82) is 0 Å². The molecule has 0 aromatic carbocycles. The normalized spacial score (nSPS) is 17.6. The van der Waals surface area contributed by atoms with Gasteiger partial charge in [0, 0.05) is 39.3 Å². The van der Waals surface area contributed by atoms with Gasteiger partial charge >= 0.3 is 5.97 Å². The van der Waals surface area contributed by atoms with Crippen LogP contribution in [0.25, 0.3) is 22.8 Å². The van der Waals surface area contributed by atoms with Crippen LogP contribution in [0.15, 0.2) is 84.9 Å². The van der Waals surface area contributed by atoms with Gasteiger partial charge in [-0.25, -0.2) is 24.7 Å².